The molecule has 0 N–H and O–H groups in total. The van der Waals surface area contributed by atoms with Crippen LogP contribution in [0.2, 0.25) is 0 Å². The Morgan fingerprint density at radius 2 is 1.88 bits per heavy atom. The van der Waals surface area contributed by atoms with E-state index < -0.39 is 0 Å². The predicted octanol–water partition coefficient (Wildman–Crippen LogP) is 4.06. The molecule has 0 bridgehead atoms. The van der Waals surface area contributed by atoms with Crippen LogP contribution in [0.4, 0.5) is 0 Å². The predicted molar refractivity (Wildman–Crippen MR) is 74.1 cm³/mol. The monoisotopic (exact) mass is 287 g/mol. The van der Waals surface area contributed by atoms with E-state index in [0.29, 0.717) is 5.41 Å². The van der Waals surface area contributed by atoms with Crippen LogP contribution in [-0.2, 0) is 0 Å². The molecule has 0 amide bonds. The van der Waals surface area contributed by atoms with E-state index in [1.54, 1.807) is 0 Å². The van der Waals surface area contributed by atoms with Crippen molar-refractivity contribution in [3.8, 4) is 0 Å². The number of hydrogen-bond donors (Lipinski definition) is 0. The quantitative estimate of drug-likeness (QED) is 0.666. The minimum absolute atomic E-state index is 0.650. The Balaban J connectivity index is 1.91. The topological polar surface area (TPSA) is 3.24 Å². The summed E-state index contributed by atoms with van der Waals surface area (Å²) in [6.45, 7) is 7.37. The first-order chi connectivity index (χ1) is 7.65. The molecule has 0 heterocycles. The van der Waals surface area contributed by atoms with Crippen molar-refractivity contribution >= 4 is 15.9 Å². The number of nitrogens with zero attached hydrogens (tertiary/aromatic N) is 1. The number of alkyl halides is 1. The Morgan fingerprint density at radius 3 is 2.31 bits per heavy atom. The first kappa shape index (κ1) is 12.9. The second-order valence-corrected chi connectivity index (χ2v) is 6.96. The lowest BCUT2D eigenvalue weighted by Crippen LogP contribution is -2.40. The van der Waals surface area contributed by atoms with Gasteiger partial charge in [0.25, 0.3) is 0 Å². The van der Waals surface area contributed by atoms with Crippen LogP contribution < -0.4 is 0 Å². The van der Waals surface area contributed by atoms with Gasteiger partial charge in [0.15, 0.2) is 0 Å². The zero-order chi connectivity index (χ0) is 11.6. The molecule has 0 saturated heterocycles. The zero-order valence-electron chi connectivity index (χ0n) is 10.8. The van der Waals surface area contributed by atoms with E-state index in [0.717, 1.165) is 12.0 Å². The number of halogens is 1. The summed E-state index contributed by atoms with van der Waals surface area (Å²) in [4.78, 5) is 2.81. The van der Waals surface area contributed by atoms with E-state index in [1.165, 1.54) is 56.9 Å². The van der Waals surface area contributed by atoms with E-state index in [1.807, 2.05) is 0 Å². The van der Waals surface area contributed by atoms with Crippen LogP contribution in [0.5, 0.6) is 0 Å². The third kappa shape index (κ3) is 3.22. The second-order valence-electron chi connectivity index (χ2n) is 6.40. The van der Waals surface area contributed by atoms with Gasteiger partial charge < -0.3 is 0 Å². The van der Waals surface area contributed by atoms with Crippen LogP contribution in [0.1, 0.15) is 52.4 Å². The van der Waals surface area contributed by atoms with Crippen LogP contribution in [0.25, 0.3) is 0 Å². The van der Waals surface area contributed by atoms with Crippen molar-refractivity contribution in [1.29, 1.82) is 0 Å². The van der Waals surface area contributed by atoms with E-state index in [-0.39, 0.29) is 0 Å². The van der Waals surface area contributed by atoms with E-state index in [2.05, 4.69) is 34.7 Å². The molecular weight excluding hydrogens is 262 g/mol. The van der Waals surface area contributed by atoms with Gasteiger partial charge in [0.2, 0.25) is 0 Å². The molecule has 2 saturated carbocycles. The van der Waals surface area contributed by atoms with Gasteiger partial charge in [0.05, 0.1) is 0 Å². The molecule has 2 heteroatoms. The first-order valence-corrected chi connectivity index (χ1v) is 8.07. The van der Waals surface area contributed by atoms with Crippen molar-refractivity contribution in [3.63, 3.8) is 0 Å². The molecule has 0 unspecified atom stereocenters. The van der Waals surface area contributed by atoms with Crippen molar-refractivity contribution in [1.82, 2.24) is 4.90 Å². The average molecular weight is 288 g/mol. The van der Waals surface area contributed by atoms with Gasteiger partial charge in [-0.05, 0) is 37.0 Å². The summed E-state index contributed by atoms with van der Waals surface area (Å²) in [6, 6.07) is 0.902. The average Bonchev–Trinajstić information content (AvgIpc) is 2.80. The fourth-order valence-corrected chi connectivity index (χ4v) is 3.76. The van der Waals surface area contributed by atoms with Crippen molar-refractivity contribution < 1.29 is 0 Å². The molecule has 0 aromatic rings. The van der Waals surface area contributed by atoms with Crippen molar-refractivity contribution in [2.24, 2.45) is 11.3 Å². The SMILES string of the molecule is CC(C)CN(CC1(CBr)CC1)C1CCCC1. The normalized spacial score (nSPS) is 24.6. The fraction of sp³-hybridized carbons (Fsp3) is 1.00. The van der Waals surface area contributed by atoms with Crippen LogP contribution in [0.3, 0.4) is 0 Å². The minimum atomic E-state index is 0.650. The number of rotatable bonds is 6. The summed E-state index contributed by atoms with van der Waals surface area (Å²) in [6.07, 6.45) is 8.70. The second kappa shape index (κ2) is 5.39. The maximum absolute atomic E-state index is 3.71. The third-order valence-electron chi connectivity index (χ3n) is 4.22. The van der Waals surface area contributed by atoms with Gasteiger partial charge in [-0.15, -0.1) is 0 Å². The maximum Gasteiger partial charge on any atom is 0.0100 e. The molecule has 2 fully saturated rings. The molecule has 2 aliphatic carbocycles. The van der Waals surface area contributed by atoms with Crippen LogP contribution in [0, 0.1) is 11.3 Å². The molecule has 0 spiro atoms. The van der Waals surface area contributed by atoms with Gasteiger partial charge in [-0.25, -0.2) is 0 Å². The summed E-state index contributed by atoms with van der Waals surface area (Å²) in [7, 11) is 0. The Hall–Kier alpha value is 0.440. The molecule has 16 heavy (non-hydrogen) atoms. The summed E-state index contributed by atoms with van der Waals surface area (Å²) >= 11 is 3.71. The van der Waals surface area contributed by atoms with Crippen molar-refractivity contribution in [3.05, 3.63) is 0 Å². The largest absolute Gasteiger partial charge is 0.300 e. The molecule has 0 aromatic heterocycles. The third-order valence-corrected chi connectivity index (χ3v) is 5.41. The zero-order valence-corrected chi connectivity index (χ0v) is 12.4. The molecule has 2 aliphatic rings. The van der Waals surface area contributed by atoms with Crippen LogP contribution >= 0.6 is 15.9 Å². The summed E-state index contributed by atoms with van der Waals surface area (Å²) < 4.78 is 0. The van der Waals surface area contributed by atoms with Gasteiger partial charge in [0, 0.05) is 24.5 Å². The van der Waals surface area contributed by atoms with Crippen LogP contribution in [-0.4, -0.2) is 29.4 Å². The standard InChI is InChI=1S/C14H26BrN/c1-12(2)9-16(13-5-3-4-6-13)11-14(10-15)7-8-14/h12-13H,3-11H2,1-2H3. The molecule has 0 aromatic carbocycles. The highest BCUT2D eigenvalue weighted by Gasteiger charge is 2.43. The Bertz CT molecular complexity index is 217. The molecule has 0 aliphatic heterocycles. The summed E-state index contributed by atoms with van der Waals surface area (Å²) in [5.74, 6) is 0.812. The van der Waals surface area contributed by atoms with Crippen molar-refractivity contribution in [2.75, 3.05) is 18.4 Å². The molecule has 94 valence electrons. The molecule has 1 nitrogen and oxygen atoms in total. The highest BCUT2D eigenvalue weighted by molar-refractivity contribution is 9.09. The molecular formula is C14H26BrN. The Morgan fingerprint density at radius 1 is 1.25 bits per heavy atom. The van der Waals surface area contributed by atoms with Crippen molar-refractivity contribution in [2.45, 2.75) is 58.4 Å². The Labute approximate surface area is 109 Å². The van der Waals surface area contributed by atoms with Gasteiger partial charge >= 0.3 is 0 Å². The van der Waals surface area contributed by atoms with Gasteiger partial charge in [-0.2, -0.15) is 0 Å². The van der Waals surface area contributed by atoms with E-state index in [9.17, 15) is 0 Å². The van der Waals surface area contributed by atoms with Gasteiger partial charge in [0.1, 0.15) is 0 Å². The lowest BCUT2D eigenvalue weighted by Gasteiger charge is -2.33. The van der Waals surface area contributed by atoms with Crippen LogP contribution in [0.15, 0.2) is 0 Å². The molecule has 2 rings (SSSR count). The maximum atomic E-state index is 3.71. The van der Waals surface area contributed by atoms with Gasteiger partial charge in [-0.3, -0.25) is 4.90 Å². The smallest absolute Gasteiger partial charge is 0.0100 e. The number of hydrogen-bond acceptors (Lipinski definition) is 1. The van der Waals surface area contributed by atoms with E-state index >= 15 is 0 Å². The fourth-order valence-electron chi connectivity index (χ4n) is 3.02. The minimum Gasteiger partial charge on any atom is -0.300 e. The Kier molecular flexibility index (Phi) is 4.34. The highest BCUT2D eigenvalue weighted by atomic mass is 79.9. The molecule has 0 radical (unpaired) electrons. The first-order valence-electron chi connectivity index (χ1n) is 6.95. The molecule has 0 atom stereocenters. The highest BCUT2D eigenvalue weighted by Crippen LogP contribution is 2.48. The summed E-state index contributed by atoms with van der Waals surface area (Å²) in [5.41, 5.74) is 0.650. The summed E-state index contributed by atoms with van der Waals surface area (Å²) in [5, 5.41) is 1.21. The lowest BCUT2D eigenvalue weighted by atomic mass is 10.0. The van der Waals surface area contributed by atoms with E-state index in [4.69, 9.17) is 0 Å². The lowest BCUT2D eigenvalue weighted by molar-refractivity contribution is 0.149. The van der Waals surface area contributed by atoms with Gasteiger partial charge in [-0.1, -0.05) is 42.6 Å².